The predicted octanol–water partition coefficient (Wildman–Crippen LogP) is -0.0689. The number of nitrogen functional groups attached to an aromatic ring is 1. The third kappa shape index (κ3) is 6.34. The fraction of sp³-hybridized carbons (Fsp3) is 0.308. The van der Waals surface area contributed by atoms with Crippen molar-refractivity contribution in [3.63, 3.8) is 0 Å². The lowest BCUT2D eigenvalue weighted by Gasteiger charge is -2.49. The van der Waals surface area contributed by atoms with Gasteiger partial charge >= 0.3 is 11.9 Å². The highest BCUT2D eigenvalue weighted by Crippen LogP contribution is 2.40. The number of fused-ring (bicyclic) bond motifs is 2. The average Bonchev–Trinajstić information content (AvgIpc) is 3.57. The maximum atomic E-state index is 13.3. The summed E-state index contributed by atoms with van der Waals surface area (Å²) < 4.78 is 3.50. The van der Waals surface area contributed by atoms with Gasteiger partial charge in [-0.1, -0.05) is 28.1 Å². The Hall–Kier alpha value is -4.72. The second-order valence-electron chi connectivity index (χ2n) is 9.90. The Labute approximate surface area is 272 Å². The lowest BCUT2D eigenvalue weighted by Crippen LogP contribution is -2.71. The van der Waals surface area contributed by atoms with Crippen molar-refractivity contribution in [3.8, 4) is 0 Å². The number of thiazole rings is 1. The van der Waals surface area contributed by atoms with Crippen molar-refractivity contribution in [1.82, 2.24) is 25.2 Å². The van der Waals surface area contributed by atoms with E-state index in [0.29, 0.717) is 5.57 Å². The molecule has 0 unspecified atom stereocenters. The number of carbonyl (C=O) groups is 5. The molecule has 0 radical (unpaired) electrons. The molecule has 2 aliphatic heterocycles. The number of oxime groups is 1. The number of halogens is 1. The second kappa shape index (κ2) is 13.3. The SMILES string of the molecule is CONC(=O)Cn1ccc2c1ccc[n+]2CC1=C(C(=O)O)N2C(=O)[C@@H](NC(=O)/C(=N\O[C@@H](C)C(=O)O)c3nc(N)sc3Cl)[C@H]2SC1. The Morgan fingerprint density at radius 1 is 1.30 bits per heavy atom. The topological polar surface area (TPSA) is 232 Å². The quantitative estimate of drug-likeness (QED) is 0.0726. The second-order valence-corrected chi connectivity index (χ2v) is 12.6. The summed E-state index contributed by atoms with van der Waals surface area (Å²) in [5, 5.41) is 24.7. The number of nitrogens with two attached hydrogens (primary N) is 1. The molecule has 46 heavy (non-hydrogen) atoms. The molecule has 1 fully saturated rings. The van der Waals surface area contributed by atoms with Crippen LogP contribution in [0.2, 0.25) is 4.34 Å². The fourth-order valence-electron chi connectivity index (χ4n) is 4.84. The summed E-state index contributed by atoms with van der Waals surface area (Å²) in [5.74, 6) is -4.44. The number of hydrogen-bond donors (Lipinski definition) is 5. The van der Waals surface area contributed by atoms with Crippen molar-refractivity contribution in [1.29, 1.82) is 0 Å². The van der Waals surface area contributed by atoms with E-state index in [9.17, 15) is 29.1 Å². The van der Waals surface area contributed by atoms with Crippen molar-refractivity contribution in [2.45, 2.75) is 37.5 Å². The van der Waals surface area contributed by atoms with Crippen LogP contribution in [0.4, 0.5) is 5.13 Å². The van der Waals surface area contributed by atoms with Crippen molar-refractivity contribution in [2.75, 3.05) is 18.6 Å². The molecule has 0 bridgehead atoms. The molecule has 6 N–H and O–H groups in total. The zero-order valence-electron chi connectivity index (χ0n) is 24.0. The molecular formula is C26H26ClN8O9S2+. The number of carbonyl (C=O) groups excluding carboxylic acids is 3. The summed E-state index contributed by atoms with van der Waals surface area (Å²) in [4.78, 5) is 77.0. The van der Waals surface area contributed by atoms with Gasteiger partial charge in [0.2, 0.25) is 11.6 Å². The lowest BCUT2D eigenvalue weighted by molar-refractivity contribution is -0.663. The Morgan fingerprint density at radius 3 is 2.72 bits per heavy atom. The monoisotopic (exact) mass is 693 g/mol. The van der Waals surface area contributed by atoms with Crippen LogP contribution in [0, 0.1) is 0 Å². The van der Waals surface area contributed by atoms with Crippen LogP contribution in [-0.4, -0.2) is 90.4 Å². The minimum absolute atomic E-state index is 0.00343. The summed E-state index contributed by atoms with van der Waals surface area (Å²) in [6.07, 6.45) is 2.06. The first-order chi connectivity index (χ1) is 21.9. The molecule has 0 aromatic carbocycles. The van der Waals surface area contributed by atoms with E-state index in [1.807, 2.05) is 10.6 Å². The number of pyridine rings is 1. The average molecular weight is 694 g/mol. The van der Waals surface area contributed by atoms with Crippen molar-refractivity contribution in [3.05, 3.63) is 51.9 Å². The van der Waals surface area contributed by atoms with E-state index >= 15 is 0 Å². The maximum absolute atomic E-state index is 13.3. The summed E-state index contributed by atoms with van der Waals surface area (Å²) in [5.41, 5.74) is 8.97. The highest BCUT2D eigenvalue weighted by molar-refractivity contribution is 8.00. The van der Waals surface area contributed by atoms with E-state index in [1.54, 1.807) is 29.1 Å². The van der Waals surface area contributed by atoms with Crippen LogP contribution in [0.25, 0.3) is 11.0 Å². The maximum Gasteiger partial charge on any atom is 0.352 e. The van der Waals surface area contributed by atoms with Crippen LogP contribution in [-0.2, 0) is 46.7 Å². The first-order valence-electron chi connectivity index (χ1n) is 13.3. The van der Waals surface area contributed by atoms with E-state index in [0.717, 1.165) is 27.3 Å². The summed E-state index contributed by atoms with van der Waals surface area (Å²) in [6.45, 7) is 1.32. The number of rotatable bonds is 12. The molecule has 5 heterocycles. The molecule has 0 saturated carbocycles. The number of anilines is 1. The van der Waals surface area contributed by atoms with Gasteiger partial charge < -0.3 is 30.7 Å². The number of aliphatic carboxylic acids is 2. The van der Waals surface area contributed by atoms with Crippen LogP contribution < -0.4 is 21.1 Å². The third-order valence-electron chi connectivity index (χ3n) is 6.93. The largest absolute Gasteiger partial charge is 0.478 e. The molecular weight excluding hydrogens is 668 g/mol. The van der Waals surface area contributed by atoms with Gasteiger partial charge in [0.15, 0.2) is 23.6 Å². The van der Waals surface area contributed by atoms with Crippen LogP contribution in [0.5, 0.6) is 0 Å². The lowest BCUT2D eigenvalue weighted by atomic mass is 10.0. The molecule has 3 aromatic rings. The van der Waals surface area contributed by atoms with Crippen LogP contribution in [0.3, 0.4) is 0 Å². The van der Waals surface area contributed by atoms with E-state index in [4.69, 9.17) is 27.3 Å². The smallest absolute Gasteiger partial charge is 0.352 e. The number of amides is 3. The van der Waals surface area contributed by atoms with Crippen LogP contribution in [0.1, 0.15) is 12.6 Å². The highest BCUT2D eigenvalue weighted by Gasteiger charge is 2.55. The number of aromatic nitrogens is 3. The number of thioether (sulfide) groups is 1. The van der Waals surface area contributed by atoms with Gasteiger partial charge in [0, 0.05) is 29.7 Å². The Balaban J connectivity index is 1.37. The van der Waals surface area contributed by atoms with Crippen molar-refractivity contribution < 1.29 is 48.4 Å². The van der Waals surface area contributed by atoms with Gasteiger partial charge in [0.05, 0.1) is 7.11 Å². The minimum atomic E-state index is -1.42. The molecule has 3 atom stereocenters. The van der Waals surface area contributed by atoms with Gasteiger partial charge in [-0.25, -0.2) is 20.1 Å². The molecule has 0 aliphatic carbocycles. The van der Waals surface area contributed by atoms with Gasteiger partial charge in [-0.3, -0.25) is 24.1 Å². The van der Waals surface area contributed by atoms with Gasteiger partial charge in [-0.2, -0.15) is 4.57 Å². The standard InChI is InChI=1S/C26H25ClN8O9S2/c1-11(24(39)40)44-32-17(16-20(27)46-26(28)30-16)21(37)29-18-22(38)35-19(25(41)42)12(10-45-23(18)35)8-33-6-3-4-13-14(33)5-7-34(13)9-15(36)31-43-2/h3-7,11,18,23H,8-10H2,1-2H3,(H5-,28,29,30,31,36,37,39,40,41,42)/p+1/b32-17-/t11-,18+,23+/m0/s1. The molecule has 17 nitrogen and oxygen atoms in total. The summed E-state index contributed by atoms with van der Waals surface area (Å²) >= 11 is 8.26. The van der Waals surface area contributed by atoms with Crippen LogP contribution in [0.15, 0.2) is 47.0 Å². The van der Waals surface area contributed by atoms with E-state index in [1.165, 1.54) is 25.8 Å². The molecule has 5 rings (SSSR count). The van der Waals surface area contributed by atoms with E-state index in [2.05, 4.69) is 25.8 Å². The fourth-order valence-corrected chi connectivity index (χ4v) is 7.11. The molecule has 3 amide bonds. The Kier molecular flexibility index (Phi) is 9.47. The first-order valence-corrected chi connectivity index (χ1v) is 15.5. The highest BCUT2D eigenvalue weighted by atomic mass is 35.5. The minimum Gasteiger partial charge on any atom is -0.478 e. The summed E-state index contributed by atoms with van der Waals surface area (Å²) in [7, 11) is 1.33. The number of nitrogens with one attached hydrogen (secondary N) is 2. The van der Waals surface area contributed by atoms with Gasteiger partial charge in [-0.05, 0) is 13.0 Å². The number of carboxylic acid groups (broad SMARTS) is 2. The molecule has 1 saturated heterocycles. The zero-order valence-corrected chi connectivity index (χ0v) is 26.4. The van der Waals surface area contributed by atoms with Crippen LogP contribution >= 0.6 is 34.7 Å². The number of nitrogens with zero attached hydrogens (tertiary/aromatic N) is 5. The summed E-state index contributed by atoms with van der Waals surface area (Å²) in [6, 6.07) is 4.22. The first kappa shape index (κ1) is 32.7. The molecule has 3 aromatic heterocycles. The van der Waals surface area contributed by atoms with Crippen molar-refractivity contribution in [2.24, 2.45) is 5.16 Å². The van der Waals surface area contributed by atoms with Gasteiger partial charge in [0.25, 0.3) is 17.7 Å². The molecule has 20 heteroatoms. The Bertz CT molecular complexity index is 1820. The van der Waals surface area contributed by atoms with Crippen molar-refractivity contribution >= 4 is 86.2 Å². The predicted molar refractivity (Wildman–Crippen MR) is 163 cm³/mol. The number of carboxylic acids is 2. The zero-order chi connectivity index (χ0) is 33.3. The molecule has 242 valence electrons. The molecule has 0 spiro atoms. The van der Waals surface area contributed by atoms with Gasteiger partial charge in [0.1, 0.15) is 39.2 Å². The van der Waals surface area contributed by atoms with E-state index in [-0.39, 0.29) is 45.6 Å². The number of hydroxylamine groups is 1. The number of hydrogen-bond acceptors (Lipinski definition) is 12. The van der Waals surface area contributed by atoms with E-state index < -0.39 is 47.0 Å². The third-order valence-corrected chi connectivity index (χ3v) is 9.36. The van der Waals surface area contributed by atoms with Gasteiger partial charge in [-0.15, -0.1) is 11.8 Å². The number of β-lactam (4-membered cyclic amide) rings is 1. The molecule has 2 aliphatic rings. The Morgan fingerprint density at radius 2 is 2.07 bits per heavy atom. The normalized spacial score (nSPS) is 18.5.